The van der Waals surface area contributed by atoms with E-state index < -0.39 is 23.2 Å². The Morgan fingerprint density at radius 1 is 1.17 bits per heavy atom. The fourth-order valence-corrected chi connectivity index (χ4v) is 8.04. The molecule has 11 heteroatoms. The van der Waals surface area contributed by atoms with Gasteiger partial charge in [-0.3, -0.25) is 4.79 Å². The lowest BCUT2D eigenvalue weighted by molar-refractivity contribution is -0.243. The summed E-state index contributed by atoms with van der Waals surface area (Å²) in [4.78, 5) is 18.5. The van der Waals surface area contributed by atoms with Gasteiger partial charge in [-0.2, -0.15) is 4.31 Å². The topological polar surface area (TPSA) is 125 Å². The summed E-state index contributed by atoms with van der Waals surface area (Å²) in [5.41, 5.74) is 4.29. The molecule has 0 fully saturated rings. The van der Waals surface area contributed by atoms with Crippen LogP contribution in [0, 0.1) is 19.3 Å². The number of carboxylic acid groups (broad SMARTS) is 1. The van der Waals surface area contributed by atoms with Crippen LogP contribution in [-0.4, -0.2) is 50.8 Å². The van der Waals surface area contributed by atoms with Crippen molar-refractivity contribution in [3.63, 3.8) is 0 Å². The molecule has 41 heavy (non-hydrogen) atoms. The van der Waals surface area contributed by atoms with Gasteiger partial charge in [-0.15, -0.1) is 16.4 Å². The third-order valence-electron chi connectivity index (χ3n) is 8.22. The molecule has 3 N–H and O–H groups in total. The zero-order valence-corrected chi connectivity index (χ0v) is 25.9. The second kappa shape index (κ2) is 11.1. The number of rotatable bonds is 8. The molecule has 9 nitrogen and oxygen atoms in total. The van der Waals surface area contributed by atoms with E-state index in [4.69, 9.17) is 4.98 Å². The van der Waals surface area contributed by atoms with Crippen LogP contribution in [0.3, 0.4) is 0 Å². The molecule has 0 radical (unpaired) electrons. The molecule has 5 rings (SSSR count). The minimum absolute atomic E-state index is 0.167. The molecule has 0 saturated carbocycles. The summed E-state index contributed by atoms with van der Waals surface area (Å²) < 4.78 is 3.43. The van der Waals surface area contributed by atoms with Crippen LogP contribution in [0.1, 0.15) is 77.9 Å². The average molecular weight is 596 g/mol. The lowest BCUT2D eigenvalue weighted by atomic mass is 9.74. The summed E-state index contributed by atoms with van der Waals surface area (Å²) in [7, 11) is 0. The zero-order valence-electron chi connectivity index (χ0n) is 24.2. The van der Waals surface area contributed by atoms with Crippen LogP contribution in [0.5, 0.6) is 0 Å². The maximum atomic E-state index is 12.6. The standard InChI is InChI=1S/C30H37N5O4S2/c1-7-20-15-19-11-9-10-12-22(19)30(38,39)35(41-20)16-23-18(4)40-27(31-23)25(29(5,6)28(36)37)21-13-14-24-26(17(21)3)32-33-34(24)8-2/h9-14,20,25,38-39H,7-8,15-16H2,1-6H3,(H,36,37)/t20-,25?/m0/s1. The van der Waals surface area contributed by atoms with E-state index >= 15 is 0 Å². The lowest BCUT2D eigenvalue weighted by Gasteiger charge is -2.34. The molecule has 0 amide bonds. The molecular formula is C30H37N5O4S2. The second-order valence-electron chi connectivity index (χ2n) is 11.2. The molecule has 218 valence electrons. The van der Waals surface area contributed by atoms with Crippen molar-refractivity contribution in [3.05, 3.63) is 74.2 Å². The summed E-state index contributed by atoms with van der Waals surface area (Å²) in [6.07, 6.45) is 1.60. The highest BCUT2D eigenvalue weighted by atomic mass is 32.2. The number of nitrogens with zero attached hydrogens (tertiary/aromatic N) is 5. The highest BCUT2D eigenvalue weighted by molar-refractivity contribution is 7.97. The number of aliphatic hydroxyl groups is 2. The van der Waals surface area contributed by atoms with Gasteiger partial charge < -0.3 is 15.3 Å². The highest BCUT2D eigenvalue weighted by Gasteiger charge is 2.44. The number of carboxylic acids is 1. The van der Waals surface area contributed by atoms with E-state index in [9.17, 15) is 20.1 Å². The Hall–Kier alpha value is -2.83. The lowest BCUT2D eigenvalue weighted by Crippen LogP contribution is -2.42. The van der Waals surface area contributed by atoms with Crippen molar-refractivity contribution in [2.45, 2.75) is 84.6 Å². The number of aromatic nitrogens is 4. The minimum atomic E-state index is -2.19. The smallest absolute Gasteiger partial charge is 0.310 e. The van der Waals surface area contributed by atoms with Crippen molar-refractivity contribution >= 4 is 40.3 Å². The van der Waals surface area contributed by atoms with E-state index in [1.165, 1.54) is 23.3 Å². The summed E-state index contributed by atoms with van der Waals surface area (Å²) in [5.74, 6) is -3.67. The maximum Gasteiger partial charge on any atom is 0.310 e. The number of carbonyl (C=O) groups is 1. The van der Waals surface area contributed by atoms with Crippen LogP contribution in [0.25, 0.3) is 11.0 Å². The van der Waals surface area contributed by atoms with Gasteiger partial charge in [0.1, 0.15) is 10.5 Å². The first-order valence-electron chi connectivity index (χ1n) is 13.9. The van der Waals surface area contributed by atoms with Crippen molar-refractivity contribution in [1.29, 1.82) is 0 Å². The molecule has 3 heterocycles. The largest absolute Gasteiger partial charge is 0.481 e. The van der Waals surface area contributed by atoms with Gasteiger partial charge in [-0.1, -0.05) is 54.4 Å². The van der Waals surface area contributed by atoms with E-state index in [2.05, 4.69) is 17.2 Å². The summed E-state index contributed by atoms with van der Waals surface area (Å²) in [5, 5.41) is 42.7. The number of fused-ring (bicyclic) bond motifs is 2. The molecule has 1 unspecified atom stereocenters. The van der Waals surface area contributed by atoms with Crippen molar-refractivity contribution in [2.24, 2.45) is 5.41 Å². The number of hydrogen-bond donors (Lipinski definition) is 3. The molecule has 0 saturated heterocycles. The molecule has 0 spiro atoms. The molecule has 2 aromatic carbocycles. The van der Waals surface area contributed by atoms with E-state index in [0.717, 1.165) is 45.4 Å². The number of benzene rings is 2. The molecule has 0 aliphatic carbocycles. The number of hydrogen-bond acceptors (Lipinski definition) is 9. The molecule has 0 bridgehead atoms. The predicted molar refractivity (Wildman–Crippen MR) is 162 cm³/mol. The Kier molecular flexibility index (Phi) is 8.03. The van der Waals surface area contributed by atoms with Crippen molar-refractivity contribution in [2.75, 3.05) is 0 Å². The van der Waals surface area contributed by atoms with E-state index in [-0.39, 0.29) is 11.8 Å². The molecule has 1 aliphatic heterocycles. The van der Waals surface area contributed by atoms with Crippen LogP contribution in [0.2, 0.25) is 0 Å². The van der Waals surface area contributed by atoms with Crippen LogP contribution in [-0.2, 0) is 30.2 Å². The van der Waals surface area contributed by atoms with Crippen molar-refractivity contribution in [3.8, 4) is 0 Å². The molecule has 2 atom stereocenters. The summed E-state index contributed by atoms with van der Waals surface area (Å²) in [6, 6.07) is 11.4. The van der Waals surface area contributed by atoms with Crippen LogP contribution in [0.4, 0.5) is 0 Å². The van der Waals surface area contributed by atoms with Gasteiger partial charge in [0.15, 0.2) is 0 Å². The highest BCUT2D eigenvalue weighted by Crippen LogP contribution is 2.46. The van der Waals surface area contributed by atoms with Gasteiger partial charge in [0.2, 0.25) is 0 Å². The molecular weight excluding hydrogens is 558 g/mol. The minimum Gasteiger partial charge on any atom is -0.481 e. The Morgan fingerprint density at radius 2 is 1.90 bits per heavy atom. The quantitative estimate of drug-likeness (QED) is 0.183. The van der Waals surface area contributed by atoms with E-state index in [1.54, 1.807) is 24.2 Å². The molecule has 1 aliphatic rings. The van der Waals surface area contributed by atoms with Crippen LogP contribution >= 0.6 is 23.3 Å². The zero-order chi connectivity index (χ0) is 29.7. The number of thiazole rings is 1. The maximum absolute atomic E-state index is 12.6. The van der Waals surface area contributed by atoms with Crippen LogP contribution < -0.4 is 0 Å². The Balaban J connectivity index is 1.58. The fraction of sp³-hybridized carbons (Fsp3) is 0.467. The first-order valence-corrected chi connectivity index (χ1v) is 15.5. The van der Waals surface area contributed by atoms with Gasteiger partial charge in [0.25, 0.3) is 5.91 Å². The van der Waals surface area contributed by atoms with Crippen LogP contribution in [0.15, 0.2) is 36.4 Å². The van der Waals surface area contributed by atoms with Gasteiger partial charge in [0.05, 0.1) is 29.1 Å². The normalized spacial score (nSPS) is 18.3. The Labute approximate surface area is 248 Å². The van der Waals surface area contributed by atoms with Gasteiger partial charge >= 0.3 is 5.97 Å². The first-order chi connectivity index (χ1) is 19.4. The SMILES string of the molecule is CC[C@H]1Cc2ccccc2C(O)(O)N(Cc2nc(C(c3ccc4c(nnn4CC)c3C)C(C)(C)C(=O)O)sc2C)S1. The third kappa shape index (κ3) is 5.18. The predicted octanol–water partition coefficient (Wildman–Crippen LogP) is 5.35. The monoisotopic (exact) mass is 595 g/mol. The van der Waals surface area contributed by atoms with Crippen molar-refractivity contribution < 1.29 is 20.1 Å². The van der Waals surface area contributed by atoms with Crippen molar-refractivity contribution in [1.82, 2.24) is 24.3 Å². The number of aryl methyl sites for hydroxylation is 3. The van der Waals surface area contributed by atoms with Gasteiger partial charge in [-0.25, -0.2) is 9.67 Å². The Bertz CT molecular complexity index is 1590. The molecule has 2 aromatic heterocycles. The van der Waals surface area contributed by atoms with Gasteiger partial charge in [-0.05, 0) is 70.2 Å². The third-order valence-corrected chi connectivity index (χ3v) is 10.7. The summed E-state index contributed by atoms with van der Waals surface area (Å²) in [6.45, 7) is 12.3. The van der Waals surface area contributed by atoms with E-state index in [0.29, 0.717) is 22.8 Å². The average Bonchev–Trinajstić information content (AvgIpc) is 3.49. The second-order valence-corrected chi connectivity index (χ2v) is 13.8. The van der Waals surface area contributed by atoms with E-state index in [1.807, 2.05) is 55.8 Å². The molecule has 4 aromatic rings. The Morgan fingerprint density at radius 3 is 2.59 bits per heavy atom. The van der Waals surface area contributed by atoms with Gasteiger partial charge in [0, 0.05) is 22.2 Å². The fourth-order valence-electron chi connectivity index (χ4n) is 5.60. The summed E-state index contributed by atoms with van der Waals surface area (Å²) >= 11 is 2.90. The first kappa shape index (κ1) is 29.7. The number of aliphatic carboxylic acids is 1.